The third-order valence-corrected chi connectivity index (χ3v) is 9.54. The fraction of sp³-hybridized carbons (Fsp3) is 0.500. The molecular weight excluding hydrogens is 559 g/mol. The number of alkyl halides is 2. The molecule has 0 bridgehead atoms. The summed E-state index contributed by atoms with van der Waals surface area (Å²) in [5.74, 6) is -4.75. The number of nitriles is 1. The topological polar surface area (TPSA) is 126 Å². The summed E-state index contributed by atoms with van der Waals surface area (Å²) in [6, 6.07) is 8.73. The Labute approximate surface area is 237 Å². The fourth-order valence-electron chi connectivity index (χ4n) is 5.60. The van der Waals surface area contributed by atoms with E-state index in [4.69, 9.17) is 5.11 Å². The third kappa shape index (κ3) is 6.54. The molecule has 3 fully saturated rings. The molecule has 1 aliphatic carbocycles. The number of hydrogen-bond donors (Lipinski definition) is 3. The molecule has 5 rings (SSSR count). The molecule has 0 atom stereocenters. The maximum absolute atomic E-state index is 15.0. The molecule has 3 aliphatic rings. The van der Waals surface area contributed by atoms with Crippen LogP contribution in [0.2, 0.25) is 0 Å². The number of nitrogens with zero attached hydrogens (tertiary/aromatic N) is 3. The first kappa shape index (κ1) is 29.0. The number of benzene rings is 2. The Kier molecular flexibility index (Phi) is 7.82. The molecule has 2 aromatic carbocycles. The lowest BCUT2D eigenvalue weighted by atomic mass is 9.93. The van der Waals surface area contributed by atoms with Gasteiger partial charge in [-0.3, -0.25) is 9.52 Å². The van der Waals surface area contributed by atoms with Crippen LogP contribution in [-0.4, -0.2) is 63.9 Å². The molecule has 3 N–H and O–H groups in total. The molecule has 2 aliphatic heterocycles. The standard InChI is InChI=1S/C28H32F3N5O4S/c29-23-15-20(17-25(22(23)18-32)36-11-7-28(30,31)8-12-36)33-26(38)21-2-1-19(34-41(39,40)14-13-37)16-24(21)35-9-5-27(3-4-27)6-10-35/h1-2,15-17,34,37H,3-14H2,(H,33,38). The van der Waals surface area contributed by atoms with Crippen LogP contribution in [0.4, 0.5) is 35.9 Å². The van der Waals surface area contributed by atoms with Gasteiger partial charge in [0.2, 0.25) is 10.0 Å². The number of anilines is 4. The summed E-state index contributed by atoms with van der Waals surface area (Å²) in [7, 11) is -3.80. The van der Waals surface area contributed by atoms with Crippen LogP contribution in [0.5, 0.6) is 0 Å². The zero-order valence-electron chi connectivity index (χ0n) is 22.4. The molecule has 0 aromatic heterocycles. The van der Waals surface area contributed by atoms with E-state index < -0.39 is 52.9 Å². The predicted molar refractivity (Wildman–Crippen MR) is 150 cm³/mol. The van der Waals surface area contributed by atoms with Crippen molar-refractivity contribution in [2.45, 2.75) is 44.4 Å². The number of aliphatic hydroxyl groups excluding tert-OH is 1. The van der Waals surface area contributed by atoms with E-state index in [-0.39, 0.29) is 41.3 Å². The van der Waals surface area contributed by atoms with Crippen LogP contribution in [0.3, 0.4) is 0 Å². The van der Waals surface area contributed by atoms with E-state index in [1.54, 1.807) is 12.1 Å². The Hall–Kier alpha value is -3.50. The van der Waals surface area contributed by atoms with E-state index in [1.165, 1.54) is 35.9 Å². The minimum atomic E-state index is -3.80. The van der Waals surface area contributed by atoms with Crippen LogP contribution in [0, 0.1) is 22.6 Å². The van der Waals surface area contributed by atoms with Crippen LogP contribution in [-0.2, 0) is 10.0 Å². The number of hydrogen-bond acceptors (Lipinski definition) is 7. The minimum absolute atomic E-state index is 0.0627. The van der Waals surface area contributed by atoms with E-state index in [0.29, 0.717) is 24.2 Å². The highest BCUT2D eigenvalue weighted by Gasteiger charge is 2.44. The maximum atomic E-state index is 15.0. The van der Waals surface area contributed by atoms with E-state index in [1.807, 2.05) is 4.90 Å². The number of sulfonamides is 1. The Balaban J connectivity index is 1.43. The van der Waals surface area contributed by atoms with Crippen molar-refractivity contribution in [3.63, 3.8) is 0 Å². The first-order valence-corrected chi connectivity index (χ1v) is 15.3. The van der Waals surface area contributed by atoms with Crippen LogP contribution in [0.1, 0.15) is 54.4 Å². The molecule has 1 saturated carbocycles. The second kappa shape index (κ2) is 11.1. The highest BCUT2D eigenvalue weighted by Crippen LogP contribution is 2.54. The van der Waals surface area contributed by atoms with Crippen molar-refractivity contribution in [2.75, 3.05) is 58.4 Å². The number of amides is 1. The summed E-state index contributed by atoms with van der Waals surface area (Å²) in [5, 5.41) is 21.3. The number of nitrogens with one attached hydrogen (secondary N) is 2. The van der Waals surface area contributed by atoms with Gasteiger partial charge >= 0.3 is 0 Å². The van der Waals surface area contributed by atoms with Crippen LogP contribution < -0.4 is 19.8 Å². The smallest absolute Gasteiger partial charge is 0.257 e. The summed E-state index contributed by atoms with van der Waals surface area (Å²) >= 11 is 0. The monoisotopic (exact) mass is 591 g/mol. The molecule has 0 radical (unpaired) electrons. The van der Waals surface area contributed by atoms with Crippen LogP contribution in [0.25, 0.3) is 0 Å². The second-order valence-corrected chi connectivity index (χ2v) is 13.0. The first-order chi connectivity index (χ1) is 19.4. The van der Waals surface area contributed by atoms with Crippen molar-refractivity contribution in [1.29, 1.82) is 5.26 Å². The third-order valence-electron chi connectivity index (χ3n) is 8.27. The molecule has 1 amide bonds. The number of carbonyl (C=O) groups excluding carboxylic acids is 1. The Bertz CT molecular complexity index is 1470. The van der Waals surface area contributed by atoms with Crippen molar-refractivity contribution in [3.05, 3.63) is 47.3 Å². The summed E-state index contributed by atoms with van der Waals surface area (Å²) in [5.41, 5.74) is 1.27. The Morgan fingerprint density at radius 1 is 0.951 bits per heavy atom. The minimum Gasteiger partial charge on any atom is -0.395 e. The number of piperidine rings is 2. The summed E-state index contributed by atoms with van der Waals surface area (Å²) < 4.78 is 69.3. The van der Waals surface area contributed by atoms with Crippen molar-refractivity contribution in [1.82, 2.24) is 0 Å². The molecule has 1 spiro atoms. The van der Waals surface area contributed by atoms with E-state index in [9.17, 15) is 31.6 Å². The largest absolute Gasteiger partial charge is 0.395 e. The van der Waals surface area contributed by atoms with E-state index >= 15 is 0 Å². The van der Waals surface area contributed by atoms with Gasteiger partial charge < -0.3 is 20.2 Å². The van der Waals surface area contributed by atoms with Crippen molar-refractivity contribution in [2.24, 2.45) is 5.41 Å². The second-order valence-electron chi connectivity index (χ2n) is 11.1. The molecule has 2 aromatic rings. The summed E-state index contributed by atoms with van der Waals surface area (Å²) in [6.45, 7) is 0.699. The number of halogens is 3. The van der Waals surface area contributed by atoms with Crippen molar-refractivity contribution < 1.29 is 31.5 Å². The van der Waals surface area contributed by atoms with Gasteiger partial charge in [-0.15, -0.1) is 0 Å². The van der Waals surface area contributed by atoms with Crippen molar-refractivity contribution >= 4 is 38.7 Å². The zero-order chi connectivity index (χ0) is 29.4. The van der Waals surface area contributed by atoms with Gasteiger partial charge in [0.05, 0.1) is 35.0 Å². The number of carbonyl (C=O) groups is 1. The van der Waals surface area contributed by atoms with Crippen LogP contribution >= 0.6 is 0 Å². The SMILES string of the molecule is N#Cc1c(F)cc(NC(=O)c2ccc(NS(=O)(=O)CCO)cc2N2CCC3(CC2)CC3)cc1N1CCC(F)(F)CC1. The van der Waals surface area contributed by atoms with Gasteiger partial charge in [0.1, 0.15) is 17.4 Å². The van der Waals surface area contributed by atoms with Gasteiger partial charge in [-0.25, -0.2) is 21.6 Å². The molecule has 13 heteroatoms. The first-order valence-electron chi connectivity index (χ1n) is 13.6. The summed E-state index contributed by atoms with van der Waals surface area (Å²) in [6.07, 6.45) is 3.41. The van der Waals surface area contributed by atoms with Gasteiger partial charge in [0.25, 0.3) is 11.8 Å². The highest BCUT2D eigenvalue weighted by atomic mass is 32.2. The van der Waals surface area contributed by atoms with E-state index in [0.717, 1.165) is 18.9 Å². The van der Waals surface area contributed by atoms with Gasteiger partial charge in [-0.2, -0.15) is 5.26 Å². The van der Waals surface area contributed by atoms with E-state index in [2.05, 4.69) is 10.0 Å². The van der Waals surface area contributed by atoms with Gasteiger partial charge in [0, 0.05) is 44.7 Å². The van der Waals surface area contributed by atoms with Crippen molar-refractivity contribution in [3.8, 4) is 6.07 Å². The average Bonchev–Trinajstić information content (AvgIpc) is 3.67. The normalized spacial score (nSPS) is 19.5. The molecule has 2 heterocycles. The predicted octanol–water partition coefficient (Wildman–Crippen LogP) is 4.30. The lowest BCUT2D eigenvalue weighted by Gasteiger charge is -2.35. The molecule has 220 valence electrons. The Morgan fingerprint density at radius 2 is 1.56 bits per heavy atom. The zero-order valence-corrected chi connectivity index (χ0v) is 23.2. The maximum Gasteiger partial charge on any atom is 0.257 e. The number of aliphatic hydroxyl groups is 1. The highest BCUT2D eigenvalue weighted by molar-refractivity contribution is 7.92. The lowest BCUT2D eigenvalue weighted by molar-refractivity contribution is -0.0220. The number of rotatable bonds is 8. The van der Waals surface area contributed by atoms with Gasteiger partial charge in [0.15, 0.2) is 0 Å². The van der Waals surface area contributed by atoms with Gasteiger partial charge in [-0.05, 0) is 61.4 Å². The quantitative estimate of drug-likeness (QED) is 0.418. The molecule has 0 unspecified atom stereocenters. The van der Waals surface area contributed by atoms with Crippen LogP contribution in [0.15, 0.2) is 30.3 Å². The lowest BCUT2D eigenvalue weighted by Crippen LogP contribution is -2.39. The van der Waals surface area contributed by atoms with Gasteiger partial charge in [-0.1, -0.05) is 0 Å². The average molecular weight is 592 g/mol. The summed E-state index contributed by atoms with van der Waals surface area (Å²) in [4.78, 5) is 17.1. The molecular formula is C28H32F3N5O4S. The molecule has 9 nitrogen and oxygen atoms in total. The fourth-order valence-corrected chi connectivity index (χ4v) is 6.42. The molecule has 41 heavy (non-hydrogen) atoms. The molecule has 2 saturated heterocycles. The Morgan fingerprint density at radius 3 is 2.17 bits per heavy atom.